The van der Waals surface area contributed by atoms with Gasteiger partial charge < -0.3 is 9.97 Å². The topological polar surface area (TPSA) is 94.8 Å². The van der Waals surface area contributed by atoms with Crippen LogP contribution in [-0.4, -0.2) is 24.4 Å². The van der Waals surface area contributed by atoms with Crippen molar-refractivity contribution in [3.05, 3.63) is 28.2 Å². The molecule has 7 heteroatoms. The van der Waals surface area contributed by atoms with E-state index in [2.05, 4.69) is 14.7 Å². The molecule has 0 fully saturated rings. The molecule has 1 aromatic heterocycles. The Morgan fingerprint density at radius 2 is 1.72 bits per heavy atom. The molecule has 98 valence electrons. The van der Waals surface area contributed by atoms with Crippen LogP contribution >= 0.6 is 0 Å². The molecule has 1 heterocycles. The number of aromatic amines is 2. The smallest absolute Gasteiger partial charge is 0.306 e. The molecule has 0 saturated carbocycles. The third kappa shape index (κ3) is 2.32. The molecule has 3 N–H and O–H groups in total. The first-order chi connectivity index (χ1) is 8.29. The highest BCUT2D eigenvalue weighted by Crippen LogP contribution is 2.20. The van der Waals surface area contributed by atoms with Crippen molar-refractivity contribution in [3.63, 3.8) is 0 Å². The van der Waals surface area contributed by atoms with Crippen LogP contribution in [0.2, 0.25) is 0 Å². The lowest BCUT2D eigenvalue weighted by molar-refractivity contribution is 0.569. The van der Waals surface area contributed by atoms with Crippen LogP contribution in [0, 0.1) is 6.92 Å². The molecular formula is C11H15N3O3S. The van der Waals surface area contributed by atoms with Crippen LogP contribution in [0.25, 0.3) is 11.0 Å². The first-order valence-corrected chi connectivity index (χ1v) is 7.03. The van der Waals surface area contributed by atoms with Gasteiger partial charge in [-0.2, -0.15) is 0 Å². The molecule has 0 aliphatic rings. The van der Waals surface area contributed by atoms with Crippen LogP contribution in [0.5, 0.6) is 0 Å². The van der Waals surface area contributed by atoms with Gasteiger partial charge in [-0.15, -0.1) is 0 Å². The third-order valence-electron chi connectivity index (χ3n) is 2.49. The Morgan fingerprint density at radius 3 is 2.28 bits per heavy atom. The van der Waals surface area contributed by atoms with Crippen LogP contribution < -0.4 is 10.4 Å². The number of rotatable bonds is 3. The van der Waals surface area contributed by atoms with Gasteiger partial charge in [0.05, 0.1) is 15.9 Å². The molecule has 6 nitrogen and oxygen atoms in total. The van der Waals surface area contributed by atoms with E-state index >= 15 is 0 Å². The second-order valence-electron chi connectivity index (χ2n) is 4.52. The van der Waals surface area contributed by atoms with Gasteiger partial charge in [0.1, 0.15) is 0 Å². The van der Waals surface area contributed by atoms with E-state index in [1.807, 2.05) is 0 Å². The number of hydrogen-bond acceptors (Lipinski definition) is 3. The number of sulfonamides is 1. The quantitative estimate of drug-likeness (QED) is 0.771. The molecule has 2 aromatic rings. The average molecular weight is 269 g/mol. The van der Waals surface area contributed by atoms with E-state index in [0.29, 0.717) is 16.6 Å². The number of fused-ring (bicyclic) bond motifs is 1. The molecule has 0 atom stereocenters. The van der Waals surface area contributed by atoms with E-state index in [9.17, 15) is 13.2 Å². The molecule has 0 aliphatic carbocycles. The summed E-state index contributed by atoms with van der Waals surface area (Å²) in [6, 6.07) is 2.92. The van der Waals surface area contributed by atoms with Gasteiger partial charge in [0.25, 0.3) is 0 Å². The Kier molecular flexibility index (Phi) is 3.04. The number of benzene rings is 1. The second kappa shape index (κ2) is 4.25. The van der Waals surface area contributed by atoms with Crippen molar-refractivity contribution >= 4 is 21.1 Å². The zero-order valence-electron chi connectivity index (χ0n) is 10.4. The Morgan fingerprint density at radius 1 is 1.17 bits per heavy atom. The summed E-state index contributed by atoms with van der Waals surface area (Å²) in [5, 5.41) is 0. The highest BCUT2D eigenvalue weighted by atomic mass is 32.2. The summed E-state index contributed by atoms with van der Waals surface area (Å²) in [7, 11) is -3.56. The van der Waals surface area contributed by atoms with Crippen molar-refractivity contribution in [2.45, 2.75) is 31.7 Å². The standard InChI is InChI=1S/C11H15N3O3S/c1-6(2)14-18(16,17)10-5-9-8(4-7(10)3)12-11(15)13-9/h4-6,14H,1-3H3,(H2,12,13,15). The fraction of sp³-hybridized carbons (Fsp3) is 0.364. The van der Waals surface area contributed by atoms with Crippen LogP contribution in [0.3, 0.4) is 0 Å². The number of nitrogens with one attached hydrogen (secondary N) is 3. The minimum atomic E-state index is -3.56. The van der Waals surface area contributed by atoms with Gasteiger partial charge in [0.2, 0.25) is 10.0 Å². The maximum atomic E-state index is 12.1. The minimum absolute atomic E-state index is 0.180. The second-order valence-corrected chi connectivity index (χ2v) is 6.20. The van der Waals surface area contributed by atoms with Gasteiger partial charge in [-0.1, -0.05) is 0 Å². The van der Waals surface area contributed by atoms with E-state index in [0.717, 1.165) is 0 Å². The van der Waals surface area contributed by atoms with E-state index in [1.54, 1.807) is 26.8 Å². The molecule has 0 radical (unpaired) electrons. The molecule has 0 spiro atoms. The largest absolute Gasteiger partial charge is 0.323 e. The molecule has 1 aromatic carbocycles. The molecule has 0 saturated heterocycles. The van der Waals surface area contributed by atoms with Gasteiger partial charge >= 0.3 is 5.69 Å². The van der Waals surface area contributed by atoms with Crippen LogP contribution in [-0.2, 0) is 10.0 Å². The van der Waals surface area contributed by atoms with Crippen molar-refractivity contribution in [2.24, 2.45) is 0 Å². The Bertz CT molecular complexity index is 740. The molecule has 2 rings (SSSR count). The lowest BCUT2D eigenvalue weighted by atomic mass is 10.2. The summed E-state index contributed by atoms with van der Waals surface area (Å²) >= 11 is 0. The van der Waals surface area contributed by atoms with Crippen molar-refractivity contribution < 1.29 is 8.42 Å². The Hall–Kier alpha value is -1.60. The predicted molar refractivity (Wildman–Crippen MR) is 69.1 cm³/mol. The molecule has 0 aliphatic heterocycles. The Labute approximate surface area is 104 Å². The zero-order chi connectivity index (χ0) is 13.5. The van der Waals surface area contributed by atoms with E-state index in [1.165, 1.54) is 6.07 Å². The predicted octanol–water partition coefficient (Wildman–Crippen LogP) is 0.851. The van der Waals surface area contributed by atoms with E-state index in [-0.39, 0.29) is 16.6 Å². The van der Waals surface area contributed by atoms with E-state index < -0.39 is 10.0 Å². The maximum absolute atomic E-state index is 12.1. The fourth-order valence-corrected chi connectivity index (χ4v) is 3.34. The lowest BCUT2D eigenvalue weighted by Gasteiger charge is -2.11. The normalized spacial score (nSPS) is 12.4. The maximum Gasteiger partial charge on any atom is 0.323 e. The summed E-state index contributed by atoms with van der Waals surface area (Å²) in [5.41, 5.74) is 1.32. The number of aryl methyl sites for hydroxylation is 1. The molecule has 18 heavy (non-hydrogen) atoms. The van der Waals surface area contributed by atoms with Crippen LogP contribution in [0.15, 0.2) is 21.8 Å². The monoisotopic (exact) mass is 269 g/mol. The number of hydrogen-bond donors (Lipinski definition) is 3. The Balaban J connectivity index is 2.64. The first kappa shape index (κ1) is 12.8. The zero-order valence-corrected chi connectivity index (χ0v) is 11.2. The molecular weight excluding hydrogens is 254 g/mol. The number of imidazole rings is 1. The van der Waals surface area contributed by atoms with Gasteiger partial charge in [0.15, 0.2) is 0 Å². The summed E-state index contributed by atoms with van der Waals surface area (Å²) in [6.45, 7) is 5.20. The lowest BCUT2D eigenvalue weighted by Crippen LogP contribution is -2.30. The van der Waals surface area contributed by atoms with Crippen molar-refractivity contribution in [1.29, 1.82) is 0 Å². The highest BCUT2D eigenvalue weighted by Gasteiger charge is 2.19. The van der Waals surface area contributed by atoms with Gasteiger partial charge in [-0.3, -0.25) is 0 Å². The average Bonchev–Trinajstić information content (AvgIpc) is 2.53. The number of aromatic nitrogens is 2. The molecule has 0 bridgehead atoms. The van der Waals surface area contributed by atoms with Crippen LogP contribution in [0.4, 0.5) is 0 Å². The summed E-state index contributed by atoms with van der Waals surface area (Å²) in [5.74, 6) is 0. The van der Waals surface area contributed by atoms with E-state index in [4.69, 9.17) is 0 Å². The van der Waals surface area contributed by atoms with Crippen molar-refractivity contribution in [3.8, 4) is 0 Å². The van der Waals surface area contributed by atoms with Crippen LogP contribution in [0.1, 0.15) is 19.4 Å². The molecule has 0 amide bonds. The minimum Gasteiger partial charge on any atom is -0.306 e. The molecule has 0 unspecified atom stereocenters. The summed E-state index contributed by atoms with van der Waals surface area (Å²) in [4.78, 5) is 16.5. The van der Waals surface area contributed by atoms with Crippen molar-refractivity contribution in [1.82, 2.24) is 14.7 Å². The highest BCUT2D eigenvalue weighted by molar-refractivity contribution is 7.89. The van der Waals surface area contributed by atoms with Gasteiger partial charge in [-0.25, -0.2) is 17.9 Å². The third-order valence-corrected chi connectivity index (χ3v) is 4.29. The summed E-state index contributed by atoms with van der Waals surface area (Å²) in [6.07, 6.45) is 0. The summed E-state index contributed by atoms with van der Waals surface area (Å²) < 4.78 is 26.7. The fourth-order valence-electron chi connectivity index (χ4n) is 1.83. The SMILES string of the molecule is Cc1cc2[nH]c(=O)[nH]c2cc1S(=O)(=O)NC(C)C. The van der Waals surface area contributed by atoms with Crippen molar-refractivity contribution in [2.75, 3.05) is 0 Å². The van der Waals surface area contributed by atoms with Gasteiger partial charge in [-0.05, 0) is 38.5 Å². The van der Waals surface area contributed by atoms with Gasteiger partial charge in [0, 0.05) is 6.04 Å². The number of H-pyrrole nitrogens is 2. The first-order valence-electron chi connectivity index (χ1n) is 5.54.